The van der Waals surface area contributed by atoms with Crippen molar-refractivity contribution < 1.29 is 14.3 Å². The Labute approximate surface area is 108 Å². The fraction of sp³-hybridized carbons (Fsp3) is 0.500. The molecule has 1 aromatic rings. The van der Waals surface area contributed by atoms with Crippen molar-refractivity contribution in [1.29, 1.82) is 0 Å². The number of carbonyl (C=O) groups excluding carboxylic acids is 1. The molecule has 4 heteroatoms. The number of methoxy groups -OCH3 is 2. The number of nitrogens with one attached hydrogen (secondary N) is 1. The van der Waals surface area contributed by atoms with E-state index in [2.05, 4.69) is 5.32 Å². The van der Waals surface area contributed by atoms with Crippen molar-refractivity contribution in [3.05, 3.63) is 23.3 Å². The van der Waals surface area contributed by atoms with E-state index in [1.165, 1.54) is 0 Å². The highest BCUT2D eigenvalue weighted by Crippen LogP contribution is 2.31. The fourth-order valence-corrected chi connectivity index (χ4v) is 1.87. The van der Waals surface area contributed by atoms with E-state index in [1.807, 2.05) is 26.0 Å². The van der Waals surface area contributed by atoms with Gasteiger partial charge in [-0.1, -0.05) is 13.0 Å². The lowest BCUT2D eigenvalue weighted by Crippen LogP contribution is -2.25. The van der Waals surface area contributed by atoms with Crippen LogP contribution in [-0.2, 0) is 11.2 Å². The van der Waals surface area contributed by atoms with Gasteiger partial charge in [-0.05, 0) is 19.4 Å². The second kappa shape index (κ2) is 6.89. The van der Waals surface area contributed by atoms with Gasteiger partial charge in [0.25, 0.3) is 0 Å². The summed E-state index contributed by atoms with van der Waals surface area (Å²) in [6.45, 7) is 4.65. The lowest BCUT2D eigenvalue weighted by molar-refractivity contribution is -0.120. The molecule has 0 aliphatic heterocycles. The van der Waals surface area contributed by atoms with Gasteiger partial charge in [0.05, 0.1) is 20.6 Å². The van der Waals surface area contributed by atoms with Crippen LogP contribution < -0.4 is 14.8 Å². The largest absolute Gasteiger partial charge is 0.496 e. The second-order valence-corrected chi connectivity index (χ2v) is 4.11. The van der Waals surface area contributed by atoms with Crippen LogP contribution in [0.15, 0.2) is 12.1 Å². The molecule has 0 aliphatic rings. The van der Waals surface area contributed by atoms with Gasteiger partial charge in [0.2, 0.25) is 5.91 Å². The molecule has 4 nitrogen and oxygen atoms in total. The number of benzene rings is 1. The summed E-state index contributed by atoms with van der Waals surface area (Å²) in [6.07, 6.45) is 1.26. The van der Waals surface area contributed by atoms with Crippen LogP contribution in [0.2, 0.25) is 0 Å². The number of ether oxygens (including phenoxy) is 2. The molecule has 0 saturated carbocycles. The molecule has 1 rings (SSSR count). The van der Waals surface area contributed by atoms with Gasteiger partial charge >= 0.3 is 0 Å². The second-order valence-electron chi connectivity index (χ2n) is 4.11. The van der Waals surface area contributed by atoms with Gasteiger partial charge in [0.1, 0.15) is 11.5 Å². The maximum atomic E-state index is 11.7. The summed E-state index contributed by atoms with van der Waals surface area (Å²) < 4.78 is 10.6. The third-order valence-electron chi connectivity index (χ3n) is 2.78. The Balaban J connectivity index is 2.89. The average molecular weight is 251 g/mol. The first-order chi connectivity index (χ1) is 8.63. The molecule has 0 aliphatic carbocycles. The van der Waals surface area contributed by atoms with Crippen molar-refractivity contribution in [1.82, 2.24) is 5.32 Å². The molecule has 1 amide bonds. The molecule has 0 heterocycles. The predicted octanol–water partition coefficient (Wildman–Crippen LogP) is 2.08. The standard InChI is InChI=1S/C14H21NO3/c1-5-8-15-13(16)9-11-6-7-12(17-3)10(2)14(11)18-4/h6-7H,5,8-9H2,1-4H3,(H,15,16). The van der Waals surface area contributed by atoms with Crippen molar-refractivity contribution in [2.45, 2.75) is 26.7 Å². The number of amides is 1. The lowest BCUT2D eigenvalue weighted by Gasteiger charge is -2.14. The Bertz CT molecular complexity index is 416. The monoisotopic (exact) mass is 251 g/mol. The smallest absolute Gasteiger partial charge is 0.224 e. The number of rotatable bonds is 6. The van der Waals surface area contributed by atoms with E-state index in [9.17, 15) is 4.79 Å². The molecule has 0 aromatic heterocycles. The van der Waals surface area contributed by atoms with Gasteiger partial charge in [-0.25, -0.2) is 0 Å². The fourth-order valence-electron chi connectivity index (χ4n) is 1.87. The third kappa shape index (κ3) is 3.39. The van der Waals surface area contributed by atoms with Gasteiger partial charge in [-0.15, -0.1) is 0 Å². The molecule has 0 radical (unpaired) electrons. The molecule has 1 aromatic carbocycles. The molecule has 0 fully saturated rings. The van der Waals surface area contributed by atoms with Gasteiger partial charge in [0.15, 0.2) is 0 Å². The molecular formula is C14H21NO3. The Morgan fingerprint density at radius 2 is 2.00 bits per heavy atom. The van der Waals surface area contributed by atoms with Crippen LogP contribution in [0.1, 0.15) is 24.5 Å². The quantitative estimate of drug-likeness (QED) is 0.842. The number of hydrogen-bond acceptors (Lipinski definition) is 3. The topological polar surface area (TPSA) is 47.6 Å². The molecule has 0 unspecified atom stereocenters. The Hall–Kier alpha value is -1.71. The SMILES string of the molecule is CCCNC(=O)Cc1ccc(OC)c(C)c1OC. The minimum atomic E-state index is 0.0136. The first-order valence-electron chi connectivity index (χ1n) is 6.11. The van der Waals surface area contributed by atoms with Crippen molar-refractivity contribution in [3.8, 4) is 11.5 Å². The number of carbonyl (C=O) groups is 1. The summed E-state index contributed by atoms with van der Waals surface area (Å²) in [4.78, 5) is 11.7. The van der Waals surface area contributed by atoms with E-state index in [-0.39, 0.29) is 5.91 Å². The molecule has 18 heavy (non-hydrogen) atoms. The molecule has 0 spiro atoms. The Morgan fingerprint density at radius 3 is 2.56 bits per heavy atom. The zero-order valence-corrected chi connectivity index (χ0v) is 11.5. The molecular weight excluding hydrogens is 230 g/mol. The van der Waals surface area contributed by atoms with E-state index in [4.69, 9.17) is 9.47 Å². The molecule has 1 N–H and O–H groups in total. The average Bonchev–Trinajstić information content (AvgIpc) is 2.37. The van der Waals surface area contributed by atoms with Crippen LogP contribution in [-0.4, -0.2) is 26.7 Å². The minimum Gasteiger partial charge on any atom is -0.496 e. The lowest BCUT2D eigenvalue weighted by atomic mass is 10.1. The Morgan fingerprint density at radius 1 is 1.28 bits per heavy atom. The normalized spacial score (nSPS) is 10.0. The highest BCUT2D eigenvalue weighted by Gasteiger charge is 2.13. The van der Waals surface area contributed by atoms with Crippen LogP contribution in [0.25, 0.3) is 0 Å². The maximum absolute atomic E-state index is 11.7. The van der Waals surface area contributed by atoms with Crippen LogP contribution >= 0.6 is 0 Å². The first-order valence-corrected chi connectivity index (χ1v) is 6.11. The van der Waals surface area contributed by atoms with Crippen molar-refractivity contribution in [2.24, 2.45) is 0 Å². The van der Waals surface area contributed by atoms with Crippen LogP contribution in [0.5, 0.6) is 11.5 Å². The van der Waals surface area contributed by atoms with Gasteiger partial charge in [-0.3, -0.25) is 4.79 Å². The summed E-state index contributed by atoms with van der Waals surface area (Å²) in [6, 6.07) is 3.73. The minimum absolute atomic E-state index is 0.0136. The first kappa shape index (κ1) is 14.4. The highest BCUT2D eigenvalue weighted by atomic mass is 16.5. The van der Waals surface area contributed by atoms with Gasteiger partial charge in [0, 0.05) is 17.7 Å². The van der Waals surface area contributed by atoms with Crippen molar-refractivity contribution >= 4 is 5.91 Å². The summed E-state index contributed by atoms with van der Waals surface area (Å²) in [5.74, 6) is 1.50. The zero-order chi connectivity index (χ0) is 13.5. The summed E-state index contributed by atoms with van der Waals surface area (Å²) in [5.41, 5.74) is 1.80. The summed E-state index contributed by atoms with van der Waals surface area (Å²) in [5, 5.41) is 2.85. The maximum Gasteiger partial charge on any atom is 0.224 e. The van der Waals surface area contributed by atoms with Crippen molar-refractivity contribution in [3.63, 3.8) is 0 Å². The highest BCUT2D eigenvalue weighted by molar-refractivity contribution is 5.79. The summed E-state index contributed by atoms with van der Waals surface area (Å²) in [7, 11) is 3.23. The van der Waals surface area contributed by atoms with Crippen LogP contribution in [0.4, 0.5) is 0 Å². The molecule has 100 valence electrons. The zero-order valence-electron chi connectivity index (χ0n) is 11.5. The van der Waals surface area contributed by atoms with E-state index < -0.39 is 0 Å². The Kier molecular flexibility index (Phi) is 5.49. The van der Waals surface area contributed by atoms with Gasteiger partial charge in [-0.2, -0.15) is 0 Å². The molecule has 0 atom stereocenters. The van der Waals surface area contributed by atoms with E-state index in [1.54, 1.807) is 14.2 Å². The molecule has 0 saturated heterocycles. The van der Waals surface area contributed by atoms with Crippen LogP contribution in [0, 0.1) is 6.92 Å². The van der Waals surface area contributed by atoms with E-state index in [0.717, 1.165) is 29.0 Å². The number of hydrogen-bond donors (Lipinski definition) is 1. The van der Waals surface area contributed by atoms with Crippen LogP contribution in [0.3, 0.4) is 0 Å². The molecule has 0 bridgehead atoms. The predicted molar refractivity (Wildman–Crippen MR) is 71.3 cm³/mol. The third-order valence-corrected chi connectivity index (χ3v) is 2.78. The van der Waals surface area contributed by atoms with E-state index in [0.29, 0.717) is 13.0 Å². The van der Waals surface area contributed by atoms with E-state index >= 15 is 0 Å². The summed E-state index contributed by atoms with van der Waals surface area (Å²) >= 11 is 0. The van der Waals surface area contributed by atoms with Crippen molar-refractivity contribution in [2.75, 3.05) is 20.8 Å². The van der Waals surface area contributed by atoms with Gasteiger partial charge < -0.3 is 14.8 Å².